The van der Waals surface area contributed by atoms with Crippen LogP contribution in [0.3, 0.4) is 0 Å². The molecular weight excluding hydrogens is 408 g/mol. The molecule has 4 unspecified atom stereocenters. The van der Waals surface area contributed by atoms with Crippen molar-refractivity contribution in [2.24, 2.45) is 29.6 Å². The minimum atomic E-state index is -5.21. The predicted molar refractivity (Wildman–Crippen MR) is 118 cm³/mol. The Kier molecular flexibility index (Phi) is 12.2. The van der Waals surface area contributed by atoms with Crippen LogP contribution < -0.4 is 0 Å². The van der Waals surface area contributed by atoms with E-state index in [0.29, 0.717) is 25.2 Å². The molecule has 0 fully saturated rings. The summed E-state index contributed by atoms with van der Waals surface area (Å²) in [4.78, 5) is 24.6. The van der Waals surface area contributed by atoms with Gasteiger partial charge in [0.1, 0.15) is 0 Å². The first kappa shape index (κ1) is 28.9. The zero-order valence-corrected chi connectivity index (χ0v) is 20.2. The summed E-state index contributed by atoms with van der Waals surface area (Å²) in [6.07, 6.45) is 5.40. The maximum atomic E-state index is 12.5. The second kappa shape index (κ2) is 12.6. The molecule has 0 aromatic rings. The molecule has 30 heavy (non-hydrogen) atoms. The highest BCUT2D eigenvalue weighted by Crippen LogP contribution is 2.43. The smallest absolute Gasteiger partial charge is 0.328 e. The van der Waals surface area contributed by atoms with Crippen LogP contribution in [-0.4, -0.2) is 39.9 Å². The molecule has 0 aromatic carbocycles. The Morgan fingerprint density at radius 1 is 0.800 bits per heavy atom. The van der Waals surface area contributed by atoms with Crippen molar-refractivity contribution in [1.29, 1.82) is 0 Å². The Labute approximate surface area is 182 Å². The molecule has 8 heteroatoms. The Hall–Kier alpha value is -1.15. The average molecular weight is 451 g/mol. The standard InChI is InChI=1S/C22H42O7S/c1-7-17(8-2)13-11-15(5)19(20(23)24)22(21(25)26,30(27,28)29)16(6)12-14-18(9-3)10-4/h15-19H,7-14H2,1-6H3,(H,23,24)(H,25,26)(H,27,28,29). The number of hydrogen-bond donors (Lipinski definition) is 3. The third-order valence-electron chi connectivity index (χ3n) is 7.14. The summed E-state index contributed by atoms with van der Waals surface area (Å²) in [7, 11) is -5.21. The lowest BCUT2D eigenvalue weighted by Gasteiger charge is -2.40. The molecule has 0 aliphatic rings. The fourth-order valence-electron chi connectivity index (χ4n) is 4.78. The van der Waals surface area contributed by atoms with Gasteiger partial charge < -0.3 is 10.2 Å². The Morgan fingerprint density at radius 2 is 1.20 bits per heavy atom. The number of carboxylic acid groups (broad SMARTS) is 2. The van der Waals surface area contributed by atoms with Crippen LogP contribution in [0, 0.1) is 29.6 Å². The molecule has 3 N–H and O–H groups in total. The highest BCUT2D eigenvalue weighted by molar-refractivity contribution is 7.88. The highest BCUT2D eigenvalue weighted by Gasteiger charge is 2.63. The van der Waals surface area contributed by atoms with E-state index >= 15 is 0 Å². The number of aliphatic carboxylic acids is 2. The molecule has 0 amide bonds. The summed E-state index contributed by atoms with van der Waals surface area (Å²) in [5.74, 6) is -6.16. The van der Waals surface area contributed by atoms with Gasteiger partial charge in [-0.3, -0.25) is 14.1 Å². The van der Waals surface area contributed by atoms with Crippen LogP contribution in [0.4, 0.5) is 0 Å². The zero-order valence-electron chi connectivity index (χ0n) is 19.4. The topological polar surface area (TPSA) is 129 Å². The van der Waals surface area contributed by atoms with Crippen molar-refractivity contribution in [3.05, 3.63) is 0 Å². The Bertz CT molecular complexity index is 638. The number of carbonyl (C=O) groups is 2. The van der Waals surface area contributed by atoms with E-state index in [0.717, 1.165) is 25.7 Å². The second-order valence-electron chi connectivity index (χ2n) is 8.79. The van der Waals surface area contributed by atoms with Crippen molar-refractivity contribution < 1.29 is 32.8 Å². The molecule has 4 atom stereocenters. The summed E-state index contributed by atoms with van der Waals surface area (Å²) in [5, 5.41) is 20.0. The molecule has 0 saturated heterocycles. The van der Waals surface area contributed by atoms with E-state index in [1.54, 1.807) is 6.92 Å². The van der Waals surface area contributed by atoms with Crippen molar-refractivity contribution >= 4 is 22.1 Å². The summed E-state index contributed by atoms with van der Waals surface area (Å²) >= 11 is 0. The zero-order chi connectivity index (χ0) is 23.7. The van der Waals surface area contributed by atoms with Crippen LogP contribution in [0.5, 0.6) is 0 Å². The lowest BCUT2D eigenvalue weighted by molar-refractivity contribution is -0.156. The molecule has 7 nitrogen and oxygen atoms in total. The molecule has 0 bridgehead atoms. The van der Waals surface area contributed by atoms with Crippen molar-refractivity contribution in [2.75, 3.05) is 0 Å². The molecule has 0 spiro atoms. The van der Waals surface area contributed by atoms with Crippen LogP contribution >= 0.6 is 0 Å². The fourth-order valence-corrected chi connectivity index (χ4v) is 6.29. The van der Waals surface area contributed by atoms with E-state index in [1.165, 1.54) is 6.92 Å². The number of rotatable bonds is 16. The molecular formula is C22H42O7S. The van der Waals surface area contributed by atoms with Gasteiger partial charge in [0.2, 0.25) is 4.75 Å². The van der Waals surface area contributed by atoms with E-state index < -0.39 is 44.6 Å². The first-order valence-corrected chi connectivity index (χ1v) is 12.7. The van der Waals surface area contributed by atoms with Crippen LogP contribution in [0.25, 0.3) is 0 Å². The maximum Gasteiger partial charge on any atom is 0.328 e. The number of hydrogen-bond acceptors (Lipinski definition) is 4. The van der Waals surface area contributed by atoms with Crippen molar-refractivity contribution in [1.82, 2.24) is 0 Å². The van der Waals surface area contributed by atoms with Crippen LogP contribution in [-0.2, 0) is 19.7 Å². The van der Waals surface area contributed by atoms with Gasteiger partial charge in [-0.15, -0.1) is 0 Å². The Morgan fingerprint density at radius 3 is 1.50 bits per heavy atom. The Balaban J connectivity index is 6.22. The quantitative estimate of drug-likeness (QED) is 0.279. The summed E-state index contributed by atoms with van der Waals surface area (Å²) in [5.41, 5.74) is 0. The number of carboxylic acids is 2. The lowest BCUT2D eigenvalue weighted by atomic mass is 9.71. The second-order valence-corrected chi connectivity index (χ2v) is 10.4. The van der Waals surface area contributed by atoms with E-state index in [-0.39, 0.29) is 12.3 Å². The van der Waals surface area contributed by atoms with Gasteiger partial charge in [-0.05, 0) is 36.5 Å². The minimum Gasteiger partial charge on any atom is -0.481 e. The molecule has 0 aliphatic carbocycles. The van der Waals surface area contributed by atoms with Gasteiger partial charge >= 0.3 is 11.9 Å². The van der Waals surface area contributed by atoms with Gasteiger partial charge in [0, 0.05) is 0 Å². The van der Waals surface area contributed by atoms with E-state index in [9.17, 15) is 32.8 Å². The van der Waals surface area contributed by atoms with Gasteiger partial charge in [0.25, 0.3) is 10.1 Å². The molecule has 0 radical (unpaired) electrons. The molecule has 178 valence electrons. The van der Waals surface area contributed by atoms with E-state index in [2.05, 4.69) is 0 Å². The normalized spacial score (nSPS) is 17.5. The third-order valence-corrected chi connectivity index (χ3v) is 8.82. The van der Waals surface area contributed by atoms with E-state index in [4.69, 9.17) is 0 Å². The molecule has 0 heterocycles. The largest absolute Gasteiger partial charge is 0.481 e. The van der Waals surface area contributed by atoms with Gasteiger partial charge in [0.05, 0.1) is 5.92 Å². The SMILES string of the molecule is CCC(CC)CCC(C)C(C(=O)O)C(C(=O)O)(C(C)CCC(CC)CC)S(=O)(=O)O. The van der Waals surface area contributed by atoms with Crippen molar-refractivity contribution in [3.63, 3.8) is 0 Å². The first-order chi connectivity index (χ1) is 13.8. The average Bonchev–Trinajstić information content (AvgIpc) is 2.65. The van der Waals surface area contributed by atoms with Gasteiger partial charge in [0.15, 0.2) is 0 Å². The predicted octanol–water partition coefficient (Wildman–Crippen LogP) is 5.10. The summed E-state index contributed by atoms with van der Waals surface area (Å²) in [6.45, 7) is 11.1. The van der Waals surface area contributed by atoms with Crippen molar-refractivity contribution in [3.8, 4) is 0 Å². The lowest BCUT2D eigenvalue weighted by Crippen LogP contribution is -2.61. The third kappa shape index (κ3) is 6.67. The molecule has 0 aromatic heterocycles. The minimum absolute atomic E-state index is 0.210. The van der Waals surface area contributed by atoms with Crippen molar-refractivity contribution in [2.45, 2.75) is 97.7 Å². The van der Waals surface area contributed by atoms with E-state index in [1.807, 2.05) is 27.7 Å². The first-order valence-electron chi connectivity index (χ1n) is 11.3. The summed E-state index contributed by atoms with van der Waals surface area (Å²) in [6, 6.07) is 0. The van der Waals surface area contributed by atoms with Gasteiger partial charge in [-0.1, -0.05) is 80.1 Å². The summed E-state index contributed by atoms with van der Waals surface area (Å²) < 4.78 is 32.4. The van der Waals surface area contributed by atoms with Gasteiger partial charge in [-0.2, -0.15) is 8.42 Å². The van der Waals surface area contributed by atoms with Crippen LogP contribution in [0.2, 0.25) is 0 Å². The van der Waals surface area contributed by atoms with Crippen LogP contribution in [0.1, 0.15) is 92.9 Å². The fraction of sp³-hybridized carbons (Fsp3) is 0.909. The monoisotopic (exact) mass is 450 g/mol. The maximum absolute atomic E-state index is 12.5. The van der Waals surface area contributed by atoms with Gasteiger partial charge in [-0.25, -0.2) is 0 Å². The molecule has 0 aliphatic heterocycles. The van der Waals surface area contributed by atoms with Crippen LogP contribution in [0.15, 0.2) is 0 Å². The highest BCUT2D eigenvalue weighted by atomic mass is 32.2. The molecule has 0 saturated carbocycles. The molecule has 0 rings (SSSR count).